The molecule has 3 fully saturated rings. The molecule has 3 rings (SSSR count). The van der Waals surface area contributed by atoms with Crippen molar-refractivity contribution in [2.45, 2.75) is 31.5 Å². The van der Waals surface area contributed by atoms with Gasteiger partial charge in [0.05, 0.1) is 0 Å². The number of hydrogen-bond acceptors (Lipinski definition) is 2. The highest BCUT2D eigenvalue weighted by Gasteiger charge is 2.45. The van der Waals surface area contributed by atoms with Gasteiger partial charge in [-0.25, -0.2) is 4.79 Å². The van der Waals surface area contributed by atoms with Crippen molar-refractivity contribution >= 4 is 5.97 Å². The highest BCUT2D eigenvalue weighted by Crippen LogP contribution is 2.42. The number of carbonyl (C=O) groups is 1. The minimum Gasteiger partial charge on any atom is -0.475 e. The molecule has 0 atom stereocenters. The van der Waals surface area contributed by atoms with Crippen molar-refractivity contribution in [3.63, 3.8) is 0 Å². The molecule has 1 saturated carbocycles. The summed E-state index contributed by atoms with van der Waals surface area (Å²) in [5, 5.41) is 10.6. The summed E-state index contributed by atoms with van der Waals surface area (Å²) < 4.78 is 31.7. The first-order chi connectivity index (χ1) is 6.23. The highest BCUT2D eigenvalue weighted by molar-refractivity contribution is 5.73. The maximum absolute atomic E-state index is 10.6. The van der Waals surface area contributed by atoms with Crippen molar-refractivity contribution in [1.82, 2.24) is 5.32 Å². The molecule has 0 aromatic heterocycles. The summed E-state index contributed by atoms with van der Waals surface area (Å²) in [5.41, 5.74) is 0.588. The number of alkyl halides is 3. The molecule has 0 unspecified atom stereocenters. The number of nitrogens with one attached hydrogen (secondary N) is 1. The zero-order valence-corrected chi connectivity index (χ0v) is 7.69. The van der Waals surface area contributed by atoms with Crippen LogP contribution in [0.4, 0.5) is 13.2 Å². The van der Waals surface area contributed by atoms with E-state index >= 15 is 0 Å². The normalized spacial score (nSPS) is 34.1. The van der Waals surface area contributed by atoms with Gasteiger partial charge in [-0.1, -0.05) is 0 Å². The molecule has 3 aliphatic rings. The Morgan fingerprint density at radius 2 is 1.93 bits per heavy atom. The van der Waals surface area contributed by atoms with E-state index in [2.05, 4.69) is 12.2 Å². The Morgan fingerprint density at radius 1 is 1.50 bits per heavy atom. The van der Waals surface area contributed by atoms with Crippen LogP contribution in [0.5, 0.6) is 0 Å². The monoisotopic (exact) mass is 211 g/mol. The summed E-state index contributed by atoms with van der Waals surface area (Å²) in [6.45, 7) is 3.60. The van der Waals surface area contributed by atoms with Gasteiger partial charge in [0.2, 0.25) is 0 Å². The van der Waals surface area contributed by atoms with Gasteiger partial charge >= 0.3 is 12.1 Å². The summed E-state index contributed by atoms with van der Waals surface area (Å²) in [4.78, 5) is 8.90. The molecule has 2 saturated heterocycles. The van der Waals surface area contributed by atoms with Gasteiger partial charge in [-0.05, 0) is 32.2 Å². The third-order valence-corrected chi connectivity index (χ3v) is 2.54. The predicted octanol–water partition coefficient (Wildman–Crippen LogP) is 1.39. The van der Waals surface area contributed by atoms with E-state index in [9.17, 15) is 13.2 Å². The Balaban J connectivity index is 0.000000140. The maximum Gasteiger partial charge on any atom is 0.490 e. The Labute approximate surface area is 79.3 Å². The summed E-state index contributed by atoms with van der Waals surface area (Å²) in [5.74, 6) is -1.71. The molecule has 1 aliphatic carbocycles. The van der Waals surface area contributed by atoms with Crippen LogP contribution < -0.4 is 5.32 Å². The quantitative estimate of drug-likeness (QED) is 0.636. The third kappa shape index (κ3) is 2.60. The van der Waals surface area contributed by atoms with Gasteiger partial charge in [0.15, 0.2) is 0 Å². The van der Waals surface area contributed by atoms with Crippen molar-refractivity contribution in [3.05, 3.63) is 0 Å². The zero-order chi connectivity index (χ0) is 11.0. The Kier molecular flexibility index (Phi) is 2.76. The maximum atomic E-state index is 10.6. The SMILES string of the molecule is CC12CC(CN1)C2.O=C(O)C(F)(F)F. The second-order valence-corrected chi connectivity index (χ2v) is 4.02. The number of halogens is 3. The van der Waals surface area contributed by atoms with Crippen molar-refractivity contribution in [2.24, 2.45) is 5.92 Å². The fraction of sp³-hybridized carbons (Fsp3) is 0.875. The summed E-state index contributed by atoms with van der Waals surface area (Å²) in [6, 6.07) is 0. The van der Waals surface area contributed by atoms with Crippen LogP contribution in [0.1, 0.15) is 19.8 Å². The van der Waals surface area contributed by atoms with E-state index in [4.69, 9.17) is 9.90 Å². The minimum absolute atomic E-state index is 0.588. The Bertz CT molecular complexity index is 228. The number of aliphatic carboxylic acids is 1. The molecular weight excluding hydrogens is 199 g/mol. The molecule has 82 valence electrons. The highest BCUT2D eigenvalue weighted by atomic mass is 19.4. The van der Waals surface area contributed by atoms with Gasteiger partial charge < -0.3 is 10.4 Å². The van der Waals surface area contributed by atoms with Gasteiger partial charge in [0, 0.05) is 5.54 Å². The van der Waals surface area contributed by atoms with E-state index in [-0.39, 0.29) is 0 Å². The summed E-state index contributed by atoms with van der Waals surface area (Å²) in [6.07, 6.45) is -2.21. The molecule has 2 N–H and O–H groups in total. The number of hydrogen-bond donors (Lipinski definition) is 2. The minimum atomic E-state index is -5.08. The molecule has 14 heavy (non-hydrogen) atoms. The molecule has 6 heteroatoms. The summed E-state index contributed by atoms with van der Waals surface area (Å²) in [7, 11) is 0. The molecule has 0 radical (unpaired) electrons. The lowest BCUT2D eigenvalue weighted by atomic mass is 9.75. The van der Waals surface area contributed by atoms with Crippen LogP contribution >= 0.6 is 0 Å². The molecule has 2 bridgehead atoms. The van der Waals surface area contributed by atoms with Gasteiger partial charge in [0.25, 0.3) is 0 Å². The van der Waals surface area contributed by atoms with Gasteiger partial charge in [-0.2, -0.15) is 13.2 Å². The third-order valence-electron chi connectivity index (χ3n) is 2.54. The van der Waals surface area contributed by atoms with Crippen LogP contribution in [-0.4, -0.2) is 29.3 Å². The van der Waals surface area contributed by atoms with E-state index in [0.717, 1.165) is 5.92 Å². The van der Waals surface area contributed by atoms with Gasteiger partial charge in [-0.3, -0.25) is 0 Å². The zero-order valence-electron chi connectivity index (χ0n) is 7.69. The second-order valence-electron chi connectivity index (χ2n) is 4.02. The fourth-order valence-electron chi connectivity index (χ4n) is 1.89. The molecule has 0 aromatic carbocycles. The molecule has 2 aliphatic heterocycles. The van der Waals surface area contributed by atoms with Crippen LogP contribution in [0.2, 0.25) is 0 Å². The lowest BCUT2D eigenvalue weighted by Gasteiger charge is -2.33. The largest absolute Gasteiger partial charge is 0.490 e. The average Bonchev–Trinajstić information content (AvgIpc) is 2.43. The van der Waals surface area contributed by atoms with Crippen LogP contribution in [0.15, 0.2) is 0 Å². The smallest absolute Gasteiger partial charge is 0.475 e. The van der Waals surface area contributed by atoms with Crippen LogP contribution in [0.25, 0.3) is 0 Å². The molecular formula is C8H12F3NO2. The molecule has 0 aromatic rings. The molecule has 0 spiro atoms. The number of carboxylic acids is 1. The number of fused-ring (bicyclic) bond motifs is 1. The van der Waals surface area contributed by atoms with Crippen molar-refractivity contribution < 1.29 is 23.1 Å². The average molecular weight is 211 g/mol. The first-order valence-electron chi connectivity index (χ1n) is 4.28. The van der Waals surface area contributed by atoms with Crippen LogP contribution in [-0.2, 0) is 4.79 Å². The topological polar surface area (TPSA) is 49.3 Å². The van der Waals surface area contributed by atoms with Crippen LogP contribution in [0.3, 0.4) is 0 Å². The lowest BCUT2D eigenvalue weighted by molar-refractivity contribution is -0.192. The second kappa shape index (κ2) is 3.42. The molecule has 0 amide bonds. The fourth-order valence-corrected chi connectivity index (χ4v) is 1.89. The molecule has 2 heterocycles. The first-order valence-corrected chi connectivity index (χ1v) is 4.28. The molecule has 3 nitrogen and oxygen atoms in total. The Hall–Kier alpha value is -0.780. The first kappa shape index (κ1) is 11.3. The van der Waals surface area contributed by atoms with E-state index in [0.29, 0.717) is 5.54 Å². The Morgan fingerprint density at radius 3 is 2.00 bits per heavy atom. The van der Waals surface area contributed by atoms with E-state index in [1.807, 2.05) is 0 Å². The van der Waals surface area contributed by atoms with Crippen LogP contribution in [0, 0.1) is 5.92 Å². The standard InChI is InChI=1S/C6H11N.C2HF3O2/c1-6-2-5(3-6)4-7-6;3-2(4,5)1(6)7/h5,7H,2-4H2,1H3;(H,6,7). The van der Waals surface area contributed by atoms with Crippen molar-refractivity contribution in [1.29, 1.82) is 0 Å². The van der Waals surface area contributed by atoms with Crippen molar-refractivity contribution in [3.8, 4) is 0 Å². The van der Waals surface area contributed by atoms with Gasteiger partial charge in [-0.15, -0.1) is 0 Å². The predicted molar refractivity (Wildman–Crippen MR) is 42.8 cm³/mol. The van der Waals surface area contributed by atoms with E-state index in [1.54, 1.807) is 0 Å². The van der Waals surface area contributed by atoms with E-state index < -0.39 is 12.1 Å². The number of rotatable bonds is 0. The van der Waals surface area contributed by atoms with Gasteiger partial charge in [0.1, 0.15) is 0 Å². The van der Waals surface area contributed by atoms with E-state index in [1.165, 1.54) is 19.4 Å². The lowest BCUT2D eigenvalue weighted by Crippen LogP contribution is -2.39. The number of carboxylic acid groups (broad SMARTS) is 1. The summed E-state index contributed by atoms with van der Waals surface area (Å²) >= 11 is 0. The van der Waals surface area contributed by atoms with Crippen molar-refractivity contribution in [2.75, 3.05) is 6.54 Å².